The topological polar surface area (TPSA) is 21.6 Å². The first-order valence-corrected chi connectivity index (χ1v) is 6.33. The van der Waals surface area contributed by atoms with E-state index in [0.717, 1.165) is 11.5 Å². The van der Waals surface area contributed by atoms with Gasteiger partial charge in [0.15, 0.2) is 5.90 Å². The standard InChI is InChI=1S/C12H16NO.C5H.Fe/c1-12(2,3)10-8-14-11(13-10)9-6-4-5-7-9;1-2-4-5-3-1;/h4-7,10H,8H2,1-3H3;1H;/q-1;-5;+2/t10-;;/m1../s1. The molecule has 0 spiro atoms. The molecule has 1 aliphatic rings. The van der Waals surface area contributed by atoms with Crippen LogP contribution < -0.4 is 0 Å². The van der Waals surface area contributed by atoms with Crippen molar-refractivity contribution in [2.45, 2.75) is 26.8 Å². The molecule has 0 fully saturated rings. The minimum atomic E-state index is 0. The number of hydrogen-bond donors (Lipinski definition) is 0. The summed E-state index contributed by atoms with van der Waals surface area (Å²) >= 11 is 0. The predicted molar refractivity (Wildman–Crippen MR) is 75.1 cm³/mol. The van der Waals surface area contributed by atoms with Crippen molar-refractivity contribution >= 4 is 5.90 Å². The van der Waals surface area contributed by atoms with Crippen molar-refractivity contribution in [3.05, 3.63) is 60.2 Å². The van der Waals surface area contributed by atoms with Crippen LogP contribution in [0.15, 0.2) is 35.3 Å². The van der Waals surface area contributed by atoms with Crippen LogP contribution in [0.4, 0.5) is 0 Å². The van der Waals surface area contributed by atoms with Crippen molar-refractivity contribution in [1.29, 1.82) is 0 Å². The molecule has 0 saturated heterocycles. The Morgan fingerprint density at radius 2 is 1.85 bits per heavy atom. The second-order valence-electron chi connectivity index (χ2n) is 5.48. The van der Waals surface area contributed by atoms with Crippen molar-refractivity contribution in [3.63, 3.8) is 0 Å². The predicted octanol–water partition coefficient (Wildman–Crippen LogP) is 3.20. The largest absolute Gasteiger partial charge is 2.00 e. The number of hydrogen-bond acceptors (Lipinski definition) is 2. The van der Waals surface area contributed by atoms with Crippen LogP contribution in [0.25, 0.3) is 0 Å². The summed E-state index contributed by atoms with van der Waals surface area (Å²) in [6, 6.07) is 20.4. The molecule has 1 heterocycles. The van der Waals surface area contributed by atoms with E-state index in [2.05, 4.69) is 50.0 Å². The third kappa shape index (κ3) is 4.66. The molecule has 2 aromatic carbocycles. The fourth-order valence-corrected chi connectivity index (χ4v) is 1.67. The van der Waals surface area contributed by atoms with Gasteiger partial charge in [-0.1, -0.05) is 26.3 Å². The maximum absolute atomic E-state index is 5.59. The molecule has 0 saturated carbocycles. The molecule has 1 atom stereocenters. The molecular weight excluding hydrogens is 290 g/mol. The van der Waals surface area contributed by atoms with Gasteiger partial charge >= 0.3 is 17.1 Å². The first-order chi connectivity index (χ1) is 9.07. The third-order valence-electron chi connectivity index (χ3n) is 2.91. The van der Waals surface area contributed by atoms with E-state index in [1.54, 1.807) is 6.07 Å². The van der Waals surface area contributed by atoms with Crippen LogP contribution in [0, 0.1) is 29.7 Å². The molecule has 0 amide bonds. The van der Waals surface area contributed by atoms with E-state index in [-0.39, 0.29) is 28.5 Å². The molecule has 0 aliphatic carbocycles. The van der Waals surface area contributed by atoms with Crippen molar-refractivity contribution in [3.8, 4) is 0 Å². The van der Waals surface area contributed by atoms with Gasteiger partial charge in [0.2, 0.25) is 0 Å². The van der Waals surface area contributed by atoms with E-state index in [4.69, 9.17) is 4.74 Å². The second kappa shape index (κ2) is 7.47. The molecule has 0 unspecified atom stereocenters. The third-order valence-corrected chi connectivity index (χ3v) is 2.91. The van der Waals surface area contributed by atoms with E-state index in [1.807, 2.05) is 24.3 Å². The summed E-state index contributed by atoms with van der Waals surface area (Å²) in [7, 11) is 0. The van der Waals surface area contributed by atoms with Crippen molar-refractivity contribution in [2.75, 3.05) is 6.61 Å². The number of nitrogens with zero attached hydrogens (tertiary/aromatic N) is 1. The second-order valence-corrected chi connectivity index (χ2v) is 5.48. The Morgan fingerprint density at radius 3 is 2.25 bits per heavy atom. The SMILES string of the molecule is CC(C)(C)[C@H]1COC([c-]2cccc2)=N1.[Fe+2].[c-]1[c-][c-][cH-][c-]1. The average molecular weight is 307 g/mol. The Hall–Kier alpha value is -1.31. The summed E-state index contributed by atoms with van der Waals surface area (Å²) in [5, 5.41) is 0. The molecule has 2 nitrogen and oxygen atoms in total. The maximum atomic E-state index is 5.59. The van der Waals surface area contributed by atoms with Crippen LogP contribution in [0.2, 0.25) is 0 Å². The van der Waals surface area contributed by atoms with Crippen LogP contribution in [0.1, 0.15) is 26.3 Å². The molecule has 3 rings (SSSR count). The van der Waals surface area contributed by atoms with Crippen molar-refractivity contribution in [1.82, 2.24) is 0 Å². The van der Waals surface area contributed by atoms with E-state index in [0.29, 0.717) is 6.61 Å². The fraction of sp³-hybridized carbons (Fsp3) is 0.353. The van der Waals surface area contributed by atoms with Crippen molar-refractivity contribution in [2.24, 2.45) is 10.4 Å². The molecule has 0 bridgehead atoms. The summed E-state index contributed by atoms with van der Waals surface area (Å²) in [6.07, 6.45) is 0. The van der Waals surface area contributed by atoms with E-state index in [9.17, 15) is 0 Å². The summed E-state index contributed by atoms with van der Waals surface area (Å²) < 4.78 is 5.59. The minimum absolute atomic E-state index is 0. The Kier molecular flexibility index (Phi) is 6.25. The zero-order valence-electron chi connectivity index (χ0n) is 11.9. The summed E-state index contributed by atoms with van der Waals surface area (Å²) in [4.78, 5) is 4.60. The molecular formula is C17H17FeNO-4. The molecule has 0 aromatic heterocycles. The summed E-state index contributed by atoms with van der Waals surface area (Å²) in [6.45, 7) is 7.29. The van der Waals surface area contributed by atoms with Gasteiger partial charge in [-0.05, 0) is 5.41 Å². The van der Waals surface area contributed by atoms with Gasteiger partial charge in [-0.15, -0.1) is 0 Å². The summed E-state index contributed by atoms with van der Waals surface area (Å²) in [5.74, 6) is 0.801. The molecule has 20 heavy (non-hydrogen) atoms. The zero-order chi connectivity index (χ0) is 13.7. The van der Waals surface area contributed by atoms with Gasteiger partial charge in [0.05, 0.1) is 6.04 Å². The fourth-order valence-electron chi connectivity index (χ4n) is 1.67. The zero-order valence-corrected chi connectivity index (χ0v) is 13.0. The molecule has 0 N–H and O–H groups in total. The number of aliphatic imine (C=N–C) groups is 1. The van der Waals surface area contributed by atoms with Crippen LogP contribution in [-0.4, -0.2) is 18.5 Å². The Morgan fingerprint density at radius 1 is 1.25 bits per heavy atom. The van der Waals surface area contributed by atoms with Gasteiger partial charge in [0, 0.05) is 0 Å². The Balaban J connectivity index is 0.000000283. The summed E-state index contributed by atoms with van der Waals surface area (Å²) in [5.41, 5.74) is 1.28. The number of rotatable bonds is 1. The van der Waals surface area contributed by atoms with Crippen LogP contribution in [0.3, 0.4) is 0 Å². The van der Waals surface area contributed by atoms with Gasteiger partial charge in [-0.3, -0.25) is 4.99 Å². The first kappa shape index (κ1) is 16.7. The van der Waals surface area contributed by atoms with Crippen LogP contribution >= 0.6 is 0 Å². The first-order valence-electron chi connectivity index (χ1n) is 6.33. The Bertz CT molecular complexity index is 474. The minimum Gasteiger partial charge on any atom is -0.999 e. The molecule has 108 valence electrons. The van der Waals surface area contributed by atoms with E-state index < -0.39 is 0 Å². The quantitative estimate of drug-likeness (QED) is 0.586. The smallest absolute Gasteiger partial charge is 0.999 e. The van der Waals surface area contributed by atoms with E-state index >= 15 is 0 Å². The van der Waals surface area contributed by atoms with Gasteiger partial charge in [0.25, 0.3) is 0 Å². The van der Waals surface area contributed by atoms with Gasteiger partial charge in [-0.25, -0.2) is 12.1 Å². The molecule has 2 aromatic rings. The van der Waals surface area contributed by atoms with Crippen molar-refractivity contribution < 1.29 is 21.8 Å². The number of ether oxygens (including phenoxy) is 1. The van der Waals surface area contributed by atoms with E-state index in [1.165, 1.54) is 0 Å². The maximum Gasteiger partial charge on any atom is 2.00 e. The van der Waals surface area contributed by atoms with Gasteiger partial charge in [-0.2, -0.15) is 12.1 Å². The molecule has 1 aliphatic heterocycles. The normalized spacial score (nSPS) is 17.4. The van der Waals surface area contributed by atoms with Gasteiger partial charge in [0.1, 0.15) is 6.61 Å². The van der Waals surface area contributed by atoms with Crippen LogP contribution in [0.5, 0.6) is 0 Å². The molecule has 0 radical (unpaired) electrons. The monoisotopic (exact) mass is 307 g/mol. The molecule has 3 heteroatoms. The average Bonchev–Trinajstić information content (AvgIpc) is 3.13. The Labute approximate surface area is 132 Å². The van der Waals surface area contributed by atoms with Gasteiger partial charge < -0.3 is 35.1 Å². The van der Waals surface area contributed by atoms with Crippen LogP contribution in [-0.2, 0) is 21.8 Å².